The molecule has 0 atom stereocenters. The lowest BCUT2D eigenvalue weighted by Crippen LogP contribution is -2.23. The van der Waals surface area contributed by atoms with Crippen molar-refractivity contribution in [2.24, 2.45) is 7.05 Å². The fraction of sp³-hybridized carbons (Fsp3) is 0.222. The molecular formula is C9H8Br2N4OS2. The first-order chi connectivity index (χ1) is 8.49. The van der Waals surface area contributed by atoms with Crippen molar-refractivity contribution in [2.45, 2.75) is 6.54 Å². The lowest BCUT2D eigenvalue weighted by atomic mass is 10.4. The van der Waals surface area contributed by atoms with Crippen LogP contribution in [0.4, 0.5) is 0 Å². The normalized spacial score (nSPS) is 10.6. The number of carbonyl (C=O) groups is 1. The molecule has 0 aromatic carbocycles. The van der Waals surface area contributed by atoms with Gasteiger partial charge in [-0.05, 0) is 50.1 Å². The van der Waals surface area contributed by atoms with E-state index in [1.807, 2.05) is 0 Å². The van der Waals surface area contributed by atoms with Gasteiger partial charge in [-0.25, -0.2) is 0 Å². The van der Waals surface area contributed by atoms with Crippen LogP contribution in [0.15, 0.2) is 14.3 Å². The summed E-state index contributed by atoms with van der Waals surface area (Å²) in [6.07, 6.45) is 0. The minimum Gasteiger partial charge on any atom is -0.344 e. The Labute approximate surface area is 129 Å². The number of halogens is 2. The first-order valence-electron chi connectivity index (χ1n) is 4.82. The molecule has 2 aromatic heterocycles. The molecule has 0 spiro atoms. The summed E-state index contributed by atoms with van der Waals surface area (Å²) in [7, 11) is 1.80. The summed E-state index contributed by atoms with van der Waals surface area (Å²) in [5, 5.41) is 9.48. The van der Waals surface area contributed by atoms with Gasteiger partial charge in [-0.2, -0.15) is 5.10 Å². The Kier molecular flexibility index (Phi) is 4.36. The van der Waals surface area contributed by atoms with E-state index in [1.54, 1.807) is 17.7 Å². The van der Waals surface area contributed by atoms with E-state index in [4.69, 9.17) is 12.2 Å². The Morgan fingerprint density at radius 1 is 1.67 bits per heavy atom. The van der Waals surface area contributed by atoms with Crippen molar-refractivity contribution in [2.75, 3.05) is 0 Å². The fourth-order valence-corrected chi connectivity index (χ4v) is 3.35. The summed E-state index contributed by atoms with van der Waals surface area (Å²) >= 11 is 13.1. The molecule has 2 aromatic rings. The zero-order valence-electron chi connectivity index (χ0n) is 9.16. The zero-order valence-corrected chi connectivity index (χ0v) is 14.0. The molecule has 2 N–H and O–H groups in total. The third kappa shape index (κ3) is 2.90. The molecule has 0 radical (unpaired) electrons. The topological polar surface area (TPSA) is 62.7 Å². The summed E-state index contributed by atoms with van der Waals surface area (Å²) in [5.41, 5.74) is 0. The Bertz CT molecular complexity index is 626. The lowest BCUT2D eigenvalue weighted by Gasteiger charge is -2.02. The quantitative estimate of drug-likeness (QED) is 0.763. The maximum absolute atomic E-state index is 11.9. The molecule has 2 rings (SSSR count). The van der Waals surface area contributed by atoms with Crippen LogP contribution in [0.3, 0.4) is 0 Å². The van der Waals surface area contributed by atoms with Gasteiger partial charge in [0.2, 0.25) is 0 Å². The second-order valence-electron chi connectivity index (χ2n) is 3.42. The third-order valence-electron chi connectivity index (χ3n) is 2.25. The van der Waals surface area contributed by atoms with Crippen LogP contribution in [0.25, 0.3) is 0 Å². The van der Waals surface area contributed by atoms with Crippen LogP contribution < -0.4 is 5.32 Å². The van der Waals surface area contributed by atoms with Crippen molar-refractivity contribution in [1.82, 2.24) is 20.1 Å². The van der Waals surface area contributed by atoms with Crippen molar-refractivity contribution < 1.29 is 4.79 Å². The molecule has 0 aliphatic carbocycles. The number of nitrogens with one attached hydrogen (secondary N) is 2. The highest BCUT2D eigenvalue weighted by Crippen LogP contribution is 2.32. The van der Waals surface area contributed by atoms with Gasteiger partial charge in [0, 0.05) is 11.5 Å². The molecule has 0 saturated carbocycles. The summed E-state index contributed by atoms with van der Waals surface area (Å²) < 4.78 is 4.01. The molecule has 0 aliphatic rings. The van der Waals surface area contributed by atoms with E-state index in [9.17, 15) is 4.79 Å². The van der Waals surface area contributed by atoms with E-state index in [0.717, 1.165) is 8.26 Å². The summed E-state index contributed by atoms with van der Waals surface area (Å²) in [6.45, 7) is 0.329. The monoisotopic (exact) mass is 410 g/mol. The molecule has 96 valence electrons. The summed E-state index contributed by atoms with van der Waals surface area (Å²) in [4.78, 5) is 12.5. The highest BCUT2D eigenvalue weighted by atomic mass is 79.9. The number of aromatic amines is 1. The number of rotatable bonds is 3. The lowest BCUT2D eigenvalue weighted by molar-refractivity contribution is 0.0953. The molecule has 9 heteroatoms. The van der Waals surface area contributed by atoms with Crippen molar-refractivity contribution in [3.05, 3.63) is 29.8 Å². The number of H-pyrrole nitrogens is 1. The Morgan fingerprint density at radius 3 is 2.89 bits per heavy atom. The first kappa shape index (κ1) is 13.9. The van der Waals surface area contributed by atoms with Crippen molar-refractivity contribution in [1.29, 1.82) is 0 Å². The molecule has 0 saturated heterocycles. The maximum Gasteiger partial charge on any atom is 0.261 e. The van der Waals surface area contributed by atoms with Gasteiger partial charge in [-0.15, -0.1) is 11.3 Å². The Balaban J connectivity index is 2.05. The zero-order chi connectivity index (χ0) is 13.3. The van der Waals surface area contributed by atoms with Gasteiger partial charge in [0.1, 0.15) is 0 Å². The van der Waals surface area contributed by atoms with Crippen molar-refractivity contribution in [3.8, 4) is 0 Å². The molecule has 2 heterocycles. The minimum atomic E-state index is -0.139. The molecule has 1 amide bonds. The average Bonchev–Trinajstić information content (AvgIpc) is 2.83. The molecular weight excluding hydrogens is 404 g/mol. The van der Waals surface area contributed by atoms with Crippen LogP contribution in [0.2, 0.25) is 0 Å². The predicted octanol–water partition coefficient (Wildman–Crippen LogP) is 2.99. The molecule has 5 nitrogen and oxygen atoms in total. The SMILES string of the molecule is Cn1c(CNC(=O)c2cc(Br)c(Br)s2)n[nH]c1=S. The maximum atomic E-state index is 11.9. The second-order valence-corrected chi connectivity index (χ2v) is 7.03. The number of aromatic nitrogens is 3. The standard InChI is InChI=1S/C9H8Br2N4OS2/c1-15-6(13-14-9(15)17)3-12-8(16)5-2-4(10)7(11)18-5/h2H,3H2,1H3,(H,12,16)(H,14,17). The number of hydrogen-bond donors (Lipinski definition) is 2. The molecule has 0 unspecified atom stereocenters. The van der Waals surface area contributed by atoms with Crippen LogP contribution in [-0.2, 0) is 13.6 Å². The number of thiophene rings is 1. The van der Waals surface area contributed by atoms with Gasteiger partial charge in [0.05, 0.1) is 15.2 Å². The van der Waals surface area contributed by atoms with E-state index < -0.39 is 0 Å². The molecule has 0 fully saturated rings. The first-order valence-corrected chi connectivity index (χ1v) is 7.63. The predicted molar refractivity (Wildman–Crippen MR) is 79.3 cm³/mol. The molecule has 0 aliphatic heterocycles. The summed E-state index contributed by atoms with van der Waals surface area (Å²) in [5.74, 6) is 0.545. The van der Waals surface area contributed by atoms with Crippen LogP contribution in [0.1, 0.15) is 15.5 Å². The number of amides is 1. The van der Waals surface area contributed by atoms with Crippen molar-refractivity contribution in [3.63, 3.8) is 0 Å². The van der Waals surface area contributed by atoms with Gasteiger partial charge in [-0.3, -0.25) is 9.89 Å². The number of nitrogens with zero attached hydrogens (tertiary/aromatic N) is 2. The van der Waals surface area contributed by atoms with Crippen LogP contribution in [-0.4, -0.2) is 20.7 Å². The van der Waals surface area contributed by atoms with Gasteiger partial charge >= 0.3 is 0 Å². The van der Waals surface area contributed by atoms with Crippen molar-refractivity contribution >= 4 is 61.3 Å². The number of hydrogen-bond acceptors (Lipinski definition) is 4. The largest absolute Gasteiger partial charge is 0.344 e. The van der Waals surface area contributed by atoms with E-state index in [0.29, 0.717) is 22.0 Å². The minimum absolute atomic E-state index is 0.139. The highest BCUT2D eigenvalue weighted by molar-refractivity contribution is 9.13. The van der Waals surface area contributed by atoms with E-state index >= 15 is 0 Å². The van der Waals surface area contributed by atoms with Gasteiger partial charge in [0.15, 0.2) is 10.6 Å². The van der Waals surface area contributed by atoms with Crippen LogP contribution in [0.5, 0.6) is 0 Å². The smallest absolute Gasteiger partial charge is 0.261 e. The van der Waals surface area contributed by atoms with Gasteiger partial charge < -0.3 is 9.88 Å². The van der Waals surface area contributed by atoms with Crippen LogP contribution in [0, 0.1) is 4.77 Å². The Hall–Kier alpha value is -0.510. The Morgan fingerprint density at radius 2 is 2.39 bits per heavy atom. The molecule has 0 bridgehead atoms. The average molecular weight is 412 g/mol. The molecule has 18 heavy (non-hydrogen) atoms. The summed E-state index contributed by atoms with van der Waals surface area (Å²) in [6, 6.07) is 1.77. The number of carbonyl (C=O) groups excluding carboxylic acids is 1. The fourth-order valence-electron chi connectivity index (χ4n) is 1.24. The van der Waals surface area contributed by atoms with E-state index in [1.165, 1.54) is 11.3 Å². The third-order valence-corrected chi connectivity index (χ3v) is 5.87. The van der Waals surface area contributed by atoms with E-state index in [2.05, 4.69) is 47.4 Å². The van der Waals surface area contributed by atoms with Gasteiger partial charge in [0.25, 0.3) is 5.91 Å². The van der Waals surface area contributed by atoms with Gasteiger partial charge in [-0.1, -0.05) is 0 Å². The second kappa shape index (κ2) is 5.64. The highest BCUT2D eigenvalue weighted by Gasteiger charge is 2.12. The van der Waals surface area contributed by atoms with E-state index in [-0.39, 0.29) is 5.91 Å². The van der Waals surface area contributed by atoms with Crippen LogP contribution >= 0.6 is 55.4 Å².